The Morgan fingerprint density at radius 3 is 2.73 bits per heavy atom. The average Bonchev–Trinajstić information content (AvgIpc) is 3.02. The first kappa shape index (κ1) is 14.5. The van der Waals surface area contributed by atoms with E-state index in [-0.39, 0.29) is 11.6 Å². The summed E-state index contributed by atoms with van der Waals surface area (Å²) in [5, 5.41) is 14.6. The lowest BCUT2D eigenvalue weighted by Crippen LogP contribution is -2.48. The summed E-state index contributed by atoms with van der Waals surface area (Å²) in [5.41, 5.74) is 2.24. The molecule has 3 rings (SSSR count). The molecule has 0 saturated carbocycles. The van der Waals surface area contributed by atoms with Crippen LogP contribution in [0.2, 0.25) is 0 Å². The molecule has 7 heteroatoms. The van der Waals surface area contributed by atoms with E-state index in [4.69, 9.17) is 0 Å². The van der Waals surface area contributed by atoms with E-state index >= 15 is 0 Å². The summed E-state index contributed by atoms with van der Waals surface area (Å²) in [7, 11) is 1.73. The van der Waals surface area contributed by atoms with Crippen molar-refractivity contribution in [2.75, 3.05) is 12.4 Å². The van der Waals surface area contributed by atoms with Crippen LogP contribution in [0.3, 0.4) is 0 Å². The number of carbonyl (C=O) groups is 2. The van der Waals surface area contributed by atoms with Crippen LogP contribution in [0.5, 0.6) is 0 Å². The van der Waals surface area contributed by atoms with Gasteiger partial charge in [-0.2, -0.15) is 0 Å². The summed E-state index contributed by atoms with van der Waals surface area (Å²) in [6, 6.07) is 6.75. The van der Waals surface area contributed by atoms with Crippen LogP contribution in [0.25, 0.3) is 0 Å². The van der Waals surface area contributed by atoms with Gasteiger partial charge in [-0.1, -0.05) is 24.3 Å². The van der Waals surface area contributed by atoms with Crippen LogP contribution in [0.4, 0.5) is 5.13 Å². The Hall–Kier alpha value is -2.41. The maximum Gasteiger partial charge on any atom is 0.326 e. The summed E-state index contributed by atoms with van der Waals surface area (Å²) in [6.07, 6.45) is 0.320. The maximum absolute atomic E-state index is 12.6. The Morgan fingerprint density at radius 2 is 2.09 bits per heavy atom. The summed E-state index contributed by atoms with van der Waals surface area (Å²) >= 11 is 1.32. The fourth-order valence-corrected chi connectivity index (χ4v) is 3.24. The van der Waals surface area contributed by atoms with Crippen molar-refractivity contribution in [3.8, 4) is 0 Å². The van der Waals surface area contributed by atoms with Crippen molar-refractivity contribution in [2.45, 2.75) is 19.0 Å². The lowest BCUT2D eigenvalue weighted by molar-refractivity contribution is -0.142. The van der Waals surface area contributed by atoms with Crippen molar-refractivity contribution in [3.05, 3.63) is 46.5 Å². The molecule has 1 aliphatic rings. The highest BCUT2D eigenvalue weighted by Crippen LogP contribution is 2.26. The van der Waals surface area contributed by atoms with E-state index in [9.17, 15) is 14.7 Å². The van der Waals surface area contributed by atoms with E-state index in [0.29, 0.717) is 18.1 Å². The highest BCUT2D eigenvalue weighted by Gasteiger charge is 2.35. The van der Waals surface area contributed by atoms with Gasteiger partial charge in [-0.05, 0) is 11.1 Å². The number of benzene rings is 1. The number of hydrogen-bond acceptors (Lipinski definition) is 5. The van der Waals surface area contributed by atoms with Gasteiger partial charge in [-0.25, -0.2) is 9.78 Å². The molecule has 2 N–H and O–H groups in total. The van der Waals surface area contributed by atoms with Gasteiger partial charge in [0.15, 0.2) is 5.13 Å². The van der Waals surface area contributed by atoms with Gasteiger partial charge in [-0.3, -0.25) is 4.79 Å². The second-order valence-electron chi connectivity index (χ2n) is 5.05. The van der Waals surface area contributed by atoms with Crippen LogP contribution in [-0.4, -0.2) is 40.0 Å². The Kier molecular flexibility index (Phi) is 3.81. The zero-order chi connectivity index (χ0) is 15.7. The number of aliphatic carboxylic acids is 1. The predicted molar refractivity (Wildman–Crippen MR) is 83.1 cm³/mol. The minimum atomic E-state index is -0.994. The number of thiazole rings is 1. The van der Waals surface area contributed by atoms with Crippen molar-refractivity contribution < 1.29 is 14.7 Å². The molecule has 1 aromatic carbocycles. The molecule has 2 aromatic rings. The summed E-state index contributed by atoms with van der Waals surface area (Å²) in [6.45, 7) is 0.290. The van der Waals surface area contributed by atoms with Gasteiger partial charge in [0.2, 0.25) is 0 Å². The monoisotopic (exact) mass is 317 g/mol. The number of rotatable bonds is 3. The Morgan fingerprint density at radius 1 is 1.36 bits per heavy atom. The summed E-state index contributed by atoms with van der Waals surface area (Å²) in [4.78, 5) is 29.7. The zero-order valence-electron chi connectivity index (χ0n) is 11.9. The van der Waals surface area contributed by atoms with E-state index in [2.05, 4.69) is 10.3 Å². The SMILES string of the molecule is CNc1nc(C(=O)N2Cc3ccccc3CC2C(=O)O)cs1. The fourth-order valence-electron chi connectivity index (χ4n) is 2.59. The Balaban J connectivity index is 1.93. The van der Waals surface area contributed by atoms with Crippen LogP contribution in [0.15, 0.2) is 29.6 Å². The molecule has 0 aliphatic carbocycles. The highest BCUT2D eigenvalue weighted by molar-refractivity contribution is 7.13. The van der Waals surface area contributed by atoms with E-state index in [1.165, 1.54) is 16.2 Å². The van der Waals surface area contributed by atoms with Gasteiger partial charge in [0.25, 0.3) is 5.91 Å². The third-order valence-corrected chi connectivity index (χ3v) is 4.59. The number of hydrogen-bond donors (Lipinski definition) is 2. The molecular formula is C15H15N3O3S. The molecule has 1 aliphatic heterocycles. The van der Waals surface area contributed by atoms with Crippen LogP contribution in [-0.2, 0) is 17.8 Å². The number of carboxylic acid groups (broad SMARTS) is 1. The maximum atomic E-state index is 12.6. The normalized spacial score (nSPS) is 17.0. The third kappa shape index (κ3) is 2.55. The molecule has 6 nitrogen and oxygen atoms in total. The molecule has 0 radical (unpaired) electrons. The molecule has 0 spiro atoms. The number of nitrogens with one attached hydrogen (secondary N) is 1. The molecule has 0 bridgehead atoms. The molecule has 0 saturated heterocycles. The van der Waals surface area contributed by atoms with E-state index in [1.54, 1.807) is 12.4 Å². The van der Waals surface area contributed by atoms with Crippen molar-refractivity contribution >= 4 is 28.3 Å². The number of aromatic nitrogens is 1. The van der Waals surface area contributed by atoms with Gasteiger partial charge >= 0.3 is 5.97 Å². The molecule has 114 valence electrons. The van der Waals surface area contributed by atoms with Crippen LogP contribution in [0, 0.1) is 0 Å². The third-order valence-electron chi connectivity index (χ3n) is 3.73. The first-order valence-corrected chi connectivity index (χ1v) is 7.72. The minimum absolute atomic E-state index is 0.278. The number of anilines is 1. The van der Waals surface area contributed by atoms with E-state index < -0.39 is 12.0 Å². The molecule has 1 atom stereocenters. The second-order valence-corrected chi connectivity index (χ2v) is 5.91. The largest absolute Gasteiger partial charge is 0.480 e. The molecule has 1 aromatic heterocycles. The molecule has 22 heavy (non-hydrogen) atoms. The van der Waals surface area contributed by atoms with E-state index in [1.807, 2.05) is 24.3 Å². The summed E-state index contributed by atoms with van der Waals surface area (Å²) in [5.74, 6) is -1.34. The van der Waals surface area contributed by atoms with Crippen LogP contribution < -0.4 is 5.32 Å². The smallest absolute Gasteiger partial charge is 0.326 e. The Bertz CT molecular complexity index is 728. The average molecular weight is 317 g/mol. The van der Waals surface area contributed by atoms with Crippen LogP contribution >= 0.6 is 11.3 Å². The number of fused-ring (bicyclic) bond motifs is 1. The molecular weight excluding hydrogens is 302 g/mol. The molecule has 2 heterocycles. The van der Waals surface area contributed by atoms with Crippen molar-refractivity contribution in [1.82, 2.24) is 9.88 Å². The second kappa shape index (κ2) is 5.76. The lowest BCUT2D eigenvalue weighted by Gasteiger charge is -2.34. The van der Waals surface area contributed by atoms with Gasteiger partial charge in [0, 0.05) is 25.4 Å². The van der Waals surface area contributed by atoms with E-state index in [0.717, 1.165) is 11.1 Å². The van der Waals surface area contributed by atoms with Gasteiger partial charge < -0.3 is 15.3 Å². The minimum Gasteiger partial charge on any atom is -0.480 e. The zero-order valence-corrected chi connectivity index (χ0v) is 12.8. The number of amides is 1. The van der Waals surface area contributed by atoms with Gasteiger partial charge in [-0.15, -0.1) is 11.3 Å². The summed E-state index contributed by atoms with van der Waals surface area (Å²) < 4.78 is 0. The first-order valence-electron chi connectivity index (χ1n) is 6.84. The number of carbonyl (C=O) groups excluding carboxylic acids is 1. The molecule has 1 amide bonds. The quantitative estimate of drug-likeness (QED) is 0.902. The van der Waals surface area contributed by atoms with Crippen molar-refractivity contribution in [2.24, 2.45) is 0 Å². The highest BCUT2D eigenvalue weighted by atomic mass is 32.1. The van der Waals surface area contributed by atoms with Gasteiger partial charge in [0.05, 0.1) is 0 Å². The number of carboxylic acids is 1. The van der Waals surface area contributed by atoms with Gasteiger partial charge in [0.1, 0.15) is 11.7 Å². The first-order chi connectivity index (χ1) is 10.6. The molecule has 1 unspecified atom stereocenters. The topological polar surface area (TPSA) is 82.5 Å². The van der Waals surface area contributed by atoms with Crippen LogP contribution in [0.1, 0.15) is 21.6 Å². The number of nitrogens with zero attached hydrogens (tertiary/aromatic N) is 2. The fraction of sp³-hybridized carbons (Fsp3) is 0.267. The van der Waals surface area contributed by atoms with Crippen molar-refractivity contribution in [1.29, 1.82) is 0 Å². The predicted octanol–water partition coefficient (Wildman–Crippen LogP) is 1.84. The lowest BCUT2D eigenvalue weighted by atomic mass is 9.94. The van der Waals surface area contributed by atoms with Crippen molar-refractivity contribution in [3.63, 3.8) is 0 Å². The standard InChI is InChI=1S/C15H15N3O3S/c1-16-15-17-11(8-22-15)13(19)18-7-10-5-3-2-4-9(10)6-12(18)14(20)21/h2-5,8,12H,6-7H2,1H3,(H,16,17)(H,20,21). The Labute approximate surface area is 131 Å². The molecule has 0 fully saturated rings.